The first-order valence-corrected chi connectivity index (χ1v) is 6.34. The van der Waals surface area contributed by atoms with Crippen molar-refractivity contribution in [3.63, 3.8) is 0 Å². The molecule has 92 valence electrons. The van der Waals surface area contributed by atoms with Crippen molar-refractivity contribution in [1.29, 1.82) is 0 Å². The predicted molar refractivity (Wildman–Crippen MR) is 68.4 cm³/mol. The number of hydrogen-bond donors (Lipinski definition) is 2. The van der Waals surface area contributed by atoms with Gasteiger partial charge in [-0.2, -0.15) is 0 Å². The van der Waals surface area contributed by atoms with Crippen LogP contribution in [0.1, 0.15) is 44.1 Å². The zero-order chi connectivity index (χ0) is 12.1. The van der Waals surface area contributed by atoms with E-state index in [1.54, 1.807) is 0 Å². The van der Waals surface area contributed by atoms with Gasteiger partial charge in [-0.3, -0.25) is 10.2 Å². The van der Waals surface area contributed by atoms with Gasteiger partial charge < -0.3 is 0 Å². The van der Waals surface area contributed by atoms with Crippen LogP contribution in [0.15, 0.2) is 30.3 Å². The quantitative estimate of drug-likeness (QED) is 0.785. The summed E-state index contributed by atoms with van der Waals surface area (Å²) in [4.78, 5) is 11.0. The highest BCUT2D eigenvalue weighted by Crippen LogP contribution is 2.32. The SMILES string of the molecule is CC(=O)NN[C@@H]1CCCC[C@@H]1c1ccccc1. The Labute approximate surface area is 103 Å². The summed E-state index contributed by atoms with van der Waals surface area (Å²) in [5.74, 6) is 0.485. The molecule has 0 aliphatic heterocycles. The number of hydrazine groups is 1. The molecule has 0 unspecified atom stereocenters. The Balaban J connectivity index is 2.04. The maximum absolute atomic E-state index is 11.0. The molecule has 2 N–H and O–H groups in total. The lowest BCUT2D eigenvalue weighted by molar-refractivity contribution is -0.120. The molecule has 1 amide bonds. The van der Waals surface area contributed by atoms with Crippen LogP contribution in [0.4, 0.5) is 0 Å². The number of carbonyl (C=O) groups is 1. The molecule has 3 nitrogen and oxygen atoms in total. The summed E-state index contributed by atoms with van der Waals surface area (Å²) in [7, 11) is 0. The monoisotopic (exact) mass is 232 g/mol. The molecule has 0 radical (unpaired) electrons. The van der Waals surface area contributed by atoms with Gasteiger partial charge in [0.1, 0.15) is 0 Å². The zero-order valence-corrected chi connectivity index (χ0v) is 10.3. The molecule has 17 heavy (non-hydrogen) atoms. The van der Waals surface area contributed by atoms with Crippen molar-refractivity contribution in [2.75, 3.05) is 0 Å². The number of nitrogens with one attached hydrogen (secondary N) is 2. The average Bonchev–Trinajstić information content (AvgIpc) is 2.38. The van der Waals surface area contributed by atoms with E-state index in [0.29, 0.717) is 12.0 Å². The number of benzene rings is 1. The molecule has 1 aliphatic rings. The first-order chi connectivity index (χ1) is 8.27. The summed E-state index contributed by atoms with van der Waals surface area (Å²) in [6.07, 6.45) is 4.83. The van der Waals surface area contributed by atoms with Crippen molar-refractivity contribution in [1.82, 2.24) is 10.9 Å². The molecule has 0 spiro atoms. The average molecular weight is 232 g/mol. The second-order valence-corrected chi connectivity index (χ2v) is 4.73. The van der Waals surface area contributed by atoms with Crippen LogP contribution in [-0.2, 0) is 4.79 Å². The molecule has 3 heteroatoms. The van der Waals surface area contributed by atoms with Crippen LogP contribution in [0.2, 0.25) is 0 Å². The summed E-state index contributed by atoms with van der Waals surface area (Å²) >= 11 is 0. The van der Waals surface area contributed by atoms with Gasteiger partial charge in [-0.25, -0.2) is 5.43 Å². The smallest absolute Gasteiger partial charge is 0.230 e. The second kappa shape index (κ2) is 5.82. The third-order valence-corrected chi connectivity index (χ3v) is 3.43. The van der Waals surface area contributed by atoms with Crippen molar-refractivity contribution in [2.24, 2.45) is 0 Å². The van der Waals surface area contributed by atoms with Gasteiger partial charge in [0.05, 0.1) is 0 Å². The molecular formula is C14H20N2O. The van der Waals surface area contributed by atoms with Gasteiger partial charge in [-0.15, -0.1) is 0 Å². The van der Waals surface area contributed by atoms with E-state index in [9.17, 15) is 4.79 Å². The first kappa shape index (κ1) is 12.1. The molecule has 0 saturated heterocycles. The third-order valence-electron chi connectivity index (χ3n) is 3.43. The highest BCUT2D eigenvalue weighted by atomic mass is 16.2. The molecular weight excluding hydrogens is 212 g/mol. The Hall–Kier alpha value is -1.35. The Morgan fingerprint density at radius 1 is 1.18 bits per heavy atom. The van der Waals surface area contributed by atoms with Crippen molar-refractivity contribution in [2.45, 2.75) is 44.6 Å². The predicted octanol–water partition coefficient (Wildman–Crippen LogP) is 2.35. The van der Waals surface area contributed by atoms with Crippen LogP contribution in [0.3, 0.4) is 0 Å². The van der Waals surface area contributed by atoms with Crippen molar-refractivity contribution in [3.8, 4) is 0 Å². The fourth-order valence-electron chi connectivity index (χ4n) is 2.60. The van der Waals surface area contributed by atoms with E-state index in [4.69, 9.17) is 0 Å². The summed E-state index contributed by atoms with van der Waals surface area (Å²) in [5.41, 5.74) is 7.27. The van der Waals surface area contributed by atoms with Gasteiger partial charge in [-0.1, -0.05) is 43.2 Å². The lowest BCUT2D eigenvalue weighted by atomic mass is 9.80. The Bertz CT molecular complexity index is 364. The van der Waals surface area contributed by atoms with E-state index in [-0.39, 0.29) is 5.91 Å². The summed E-state index contributed by atoms with van der Waals surface area (Å²) in [5, 5.41) is 0. The van der Waals surface area contributed by atoms with E-state index in [1.807, 2.05) is 6.07 Å². The molecule has 0 aromatic heterocycles. The van der Waals surface area contributed by atoms with Gasteiger partial charge in [0.25, 0.3) is 0 Å². The van der Waals surface area contributed by atoms with E-state index < -0.39 is 0 Å². The lowest BCUT2D eigenvalue weighted by Gasteiger charge is -2.32. The van der Waals surface area contributed by atoms with E-state index in [2.05, 4.69) is 35.1 Å². The van der Waals surface area contributed by atoms with Crippen LogP contribution in [-0.4, -0.2) is 11.9 Å². The summed E-state index contributed by atoms with van der Waals surface area (Å²) in [6, 6.07) is 10.9. The maximum atomic E-state index is 11.0. The Morgan fingerprint density at radius 2 is 1.88 bits per heavy atom. The Morgan fingerprint density at radius 3 is 2.59 bits per heavy atom. The molecule has 1 fully saturated rings. The largest absolute Gasteiger partial charge is 0.292 e. The lowest BCUT2D eigenvalue weighted by Crippen LogP contribution is -2.47. The molecule has 2 rings (SSSR count). The van der Waals surface area contributed by atoms with Crippen LogP contribution in [0, 0.1) is 0 Å². The molecule has 0 heterocycles. The fourth-order valence-corrected chi connectivity index (χ4v) is 2.60. The Kier molecular flexibility index (Phi) is 4.15. The van der Waals surface area contributed by atoms with Crippen LogP contribution >= 0.6 is 0 Å². The first-order valence-electron chi connectivity index (χ1n) is 6.34. The van der Waals surface area contributed by atoms with Crippen molar-refractivity contribution in [3.05, 3.63) is 35.9 Å². The topological polar surface area (TPSA) is 41.1 Å². The summed E-state index contributed by atoms with van der Waals surface area (Å²) < 4.78 is 0. The minimum absolute atomic E-state index is 0.0256. The minimum atomic E-state index is -0.0256. The summed E-state index contributed by atoms with van der Waals surface area (Å²) in [6.45, 7) is 1.54. The fraction of sp³-hybridized carbons (Fsp3) is 0.500. The van der Waals surface area contributed by atoms with Gasteiger partial charge in [0.2, 0.25) is 5.91 Å². The minimum Gasteiger partial charge on any atom is -0.292 e. The van der Waals surface area contributed by atoms with E-state index in [0.717, 1.165) is 6.42 Å². The highest BCUT2D eigenvalue weighted by molar-refractivity contribution is 5.72. The maximum Gasteiger partial charge on any atom is 0.230 e. The van der Waals surface area contributed by atoms with Crippen LogP contribution < -0.4 is 10.9 Å². The normalized spacial score (nSPS) is 24.3. The molecule has 1 aromatic rings. The number of rotatable bonds is 3. The third kappa shape index (κ3) is 3.30. The number of amides is 1. The number of hydrogen-bond acceptors (Lipinski definition) is 2. The second-order valence-electron chi connectivity index (χ2n) is 4.73. The van der Waals surface area contributed by atoms with E-state index >= 15 is 0 Å². The van der Waals surface area contributed by atoms with E-state index in [1.165, 1.54) is 31.7 Å². The molecule has 2 atom stereocenters. The van der Waals surface area contributed by atoms with Gasteiger partial charge in [0, 0.05) is 18.9 Å². The van der Waals surface area contributed by atoms with Crippen LogP contribution in [0.25, 0.3) is 0 Å². The zero-order valence-electron chi connectivity index (χ0n) is 10.3. The standard InChI is InChI=1S/C14H20N2O/c1-11(17)15-16-14-10-6-5-9-13(14)12-7-3-2-4-8-12/h2-4,7-8,13-14,16H,5-6,9-10H2,1H3,(H,15,17)/t13-,14-/m1/s1. The van der Waals surface area contributed by atoms with Crippen LogP contribution in [0.5, 0.6) is 0 Å². The van der Waals surface area contributed by atoms with Gasteiger partial charge in [-0.05, 0) is 18.4 Å². The highest BCUT2D eigenvalue weighted by Gasteiger charge is 2.26. The van der Waals surface area contributed by atoms with Crippen molar-refractivity contribution >= 4 is 5.91 Å². The molecule has 1 aliphatic carbocycles. The molecule has 1 aromatic carbocycles. The van der Waals surface area contributed by atoms with Crippen molar-refractivity contribution < 1.29 is 4.79 Å². The van der Waals surface area contributed by atoms with Gasteiger partial charge >= 0.3 is 0 Å². The van der Waals surface area contributed by atoms with Gasteiger partial charge in [0.15, 0.2) is 0 Å². The molecule has 0 bridgehead atoms. The molecule has 1 saturated carbocycles. The number of carbonyl (C=O) groups excluding carboxylic acids is 1.